The summed E-state index contributed by atoms with van der Waals surface area (Å²) in [4.78, 5) is 11.3. The maximum atomic E-state index is 11.3. The Balaban J connectivity index is 0. The SMILES string of the molecule is CCCCCCCCCCCC(=O)NC(O)CC.N. The van der Waals surface area contributed by atoms with E-state index in [1.807, 2.05) is 6.92 Å². The molecule has 0 aliphatic heterocycles. The van der Waals surface area contributed by atoms with Crippen LogP contribution >= 0.6 is 0 Å². The molecule has 0 aromatic heterocycles. The second kappa shape index (κ2) is 15.4. The molecule has 116 valence electrons. The van der Waals surface area contributed by atoms with Crippen molar-refractivity contribution >= 4 is 5.91 Å². The third-order valence-electron chi connectivity index (χ3n) is 3.22. The number of aliphatic hydroxyl groups is 1. The number of carbonyl (C=O) groups excluding carboxylic acids is 1. The molecule has 0 aromatic rings. The molecule has 1 amide bonds. The van der Waals surface area contributed by atoms with E-state index >= 15 is 0 Å². The number of hydrogen-bond acceptors (Lipinski definition) is 3. The standard InChI is InChI=1S/C15H31NO2.H3N/c1-3-5-6-7-8-9-10-11-12-13-15(18)16-14(17)4-2;/h14,17H,3-13H2,1-2H3,(H,16,18);1H3. The summed E-state index contributed by atoms with van der Waals surface area (Å²) in [6.07, 6.45) is 11.8. The van der Waals surface area contributed by atoms with Crippen molar-refractivity contribution < 1.29 is 9.90 Å². The van der Waals surface area contributed by atoms with Crippen LogP contribution in [0, 0.1) is 0 Å². The van der Waals surface area contributed by atoms with Crippen LogP contribution in [-0.4, -0.2) is 17.2 Å². The summed E-state index contributed by atoms with van der Waals surface area (Å²) in [7, 11) is 0. The fraction of sp³-hybridized carbons (Fsp3) is 0.933. The Bertz CT molecular complexity index is 199. The molecule has 0 fully saturated rings. The first-order valence-electron chi connectivity index (χ1n) is 7.68. The topological polar surface area (TPSA) is 84.3 Å². The molecule has 0 heterocycles. The molecule has 1 atom stereocenters. The fourth-order valence-electron chi connectivity index (χ4n) is 1.96. The summed E-state index contributed by atoms with van der Waals surface area (Å²) in [6, 6.07) is 0. The summed E-state index contributed by atoms with van der Waals surface area (Å²) < 4.78 is 0. The van der Waals surface area contributed by atoms with Gasteiger partial charge >= 0.3 is 0 Å². The van der Waals surface area contributed by atoms with Crippen molar-refractivity contribution in [3.63, 3.8) is 0 Å². The summed E-state index contributed by atoms with van der Waals surface area (Å²) in [5, 5.41) is 11.8. The van der Waals surface area contributed by atoms with Gasteiger partial charge in [-0.25, -0.2) is 0 Å². The Morgan fingerprint density at radius 2 is 1.42 bits per heavy atom. The molecule has 0 aromatic carbocycles. The average molecular weight is 274 g/mol. The number of amides is 1. The number of unbranched alkanes of at least 4 members (excludes halogenated alkanes) is 8. The lowest BCUT2D eigenvalue weighted by Crippen LogP contribution is -2.33. The highest BCUT2D eigenvalue weighted by Gasteiger charge is 2.05. The molecular formula is C15H34N2O2. The van der Waals surface area contributed by atoms with Crippen molar-refractivity contribution in [2.24, 2.45) is 0 Å². The zero-order valence-corrected chi connectivity index (χ0v) is 12.9. The predicted molar refractivity (Wildman–Crippen MR) is 81.3 cm³/mol. The maximum Gasteiger partial charge on any atom is 0.221 e. The van der Waals surface area contributed by atoms with Crippen LogP contribution in [-0.2, 0) is 4.79 Å². The molecule has 0 aliphatic rings. The Labute approximate surface area is 118 Å². The predicted octanol–water partition coefficient (Wildman–Crippen LogP) is 3.91. The first-order chi connectivity index (χ1) is 8.70. The van der Waals surface area contributed by atoms with E-state index in [0.717, 1.165) is 12.8 Å². The summed E-state index contributed by atoms with van der Waals surface area (Å²) >= 11 is 0. The van der Waals surface area contributed by atoms with Gasteiger partial charge in [0.2, 0.25) is 5.91 Å². The maximum absolute atomic E-state index is 11.3. The molecule has 0 radical (unpaired) electrons. The van der Waals surface area contributed by atoms with Crippen molar-refractivity contribution in [2.45, 2.75) is 90.7 Å². The second-order valence-corrected chi connectivity index (χ2v) is 5.07. The van der Waals surface area contributed by atoms with Gasteiger partial charge in [0.25, 0.3) is 0 Å². The van der Waals surface area contributed by atoms with Gasteiger partial charge in [-0.1, -0.05) is 65.2 Å². The van der Waals surface area contributed by atoms with Gasteiger partial charge < -0.3 is 16.6 Å². The molecule has 1 unspecified atom stereocenters. The highest BCUT2D eigenvalue weighted by atomic mass is 16.3. The van der Waals surface area contributed by atoms with Crippen molar-refractivity contribution in [3.8, 4) is 0 Å². The largest absolute Gasteiger partial charge is 0.374 e. The van der Waals surface area contributed by atoms with Gasteiger partial charge in [-0.3, -0.25) is 4.79 Å². The number of hydrogen-bond donors (Lipinski definition) is 3. The smallest absolute Gasteiger partial charge is 0.221 e. The average Bonchev–Trinajstić information content (AvgIpc) is 2.36. The molecular weight excluding hydrogens is 240 g/mol. The lowest BCUT2D eigenvalue weighted by Gasteiger charge is -2.09. The van der Waals surface area contributed by atoms with Crippen LogP contribution in [0.1, 0.15) is 84.5 Å². The van der Waals surface area contributed by atoms with Gasteiger partial charge in [-0.15, -0.1) is 0 Å². The van der Waals surface area contributed by atoms with E-state index in [9.17, 15) is 9.90 Å². The van der Waals surface area contributed by atoms with Gasteiger partial charge in [0.1, 0.15) is 6.23 Å². The Morgan fingerprint density at radius 3 is 1.89 bits per heavy atom. The number of carbonyl (C=O) groups is 1. The van der Waals surface area contributed by atoms with Crippen LogP contribution < -0.4 is 11.5 Å². The van der Waals surface area contributed by atoms with Crippen LogP contribution in [0.4, 0.5) is 0 Å². The van der Waals surface area contributed by atoms with Crippen molar-refractivity contribution in [2.75, 3.05) is 0 Å². The lowest BCUT2D eigenvalue weighted by molar-refractivity contribution is -0.124. The molecule has 0 bridgehead atoms. The van der Waals surface area contributed by atoms with Crippen LogP contribution in [0.25, 0.3) is 0 Å². The Morgan fingerprint density at radius 1 is 0.947 bits per heavy atom. The van der Waals surface area contributed by atoms with Crippen LogP contribution in [0.3, 0.4) is 0 Å². The molecule has 4 nitrogen and oxygen atoms in total. The second-order valence-electron chi connectivity index (χ2n) is 5.07. The molecule has 0 aliphatic carbocycles. The van der Waals surface area contributed by atoms with E-state index in [1.54, 1.807) is 0 Å². The molecule has 0 spiro atoms. The molecule has 4 heteroatoms. The van der Waals surface area contributed by atoms with Gasteiger partial charge in [0.05, 0.1) is 0 Å². The van der Waals surface area contributed by atoms with E-state index in [4.69, 9.17) is 0 Å². The minimum atomic E-state index is -0.670. The van der Waals surface area contributed by atoms with E-state index in [0.29, 0.717) is 12.8 Å². The zero-order valence-electron chi connectivity index (χ0n) is 12.9. The quantitative estimate of drug-likeness (QED) is 0.372. The van der Waals surface area contributed by atoms with E-state index in [-0.39, 0.29) is 12.1 Å². The first-order valence-corrected chi connectivity index (χ1v) is 7.68. The molecule has 0 rings (SSSR count). The zero-order chi connectivity index (χ0) is 13.6. The highest BCUT2D eigenvalue weighted by Crippen LogP contribution is 2.10. The van der Waals surface area contributed by atoms with Crippen molar-refractivity contribution in [1.82, 2.24) is 11.5 Å². The van der Waals surface area contributed by atoms with Gasteiger partial charge in [-0.05, 0) is 12.8 Å². The van der Waals surface area contributed by atoms with Crippen molar-refractivity contribution in [3.05, 3.63) is 0 Å². The summed E-state index contributed by atoms with van der Waals surface area (Å²) in [6.45, 7) is 4.09. The van der Waals surface area contributed by atoms with Crippen molar-refractivity contribution in [1.29, 1.82) is 0 Å². The van der Waals surface area contributed by atoms with Gasteiger partial charge in [-0.2, -0.15) is 0 Å². The van der Waals surface area contributed by atoms with Crippen LogP contribution in [0.15, 0.2) is 0 Å². The minimum absolute atomic E-state index is 0. The number of rotatable bonds is 12. The monoisotopic (exact) mass is 274 g/mol. The summed E-state index contributed by atoms with van der Waals surface area (Å²) in [5.74, 6) is -0.0210. The Kier molecular flexibility index (Phi) is 16.8. The van der Waals surface area contributed by atoms with Crippen LogP contribution in [0.5, 0.6) is 0 Å². The van der Waals surface area contributed by atoms with Gasteiger partial charge in [0.15, 0.2) is 0 Å². The first kappa shape index (κ1) is 20.7. The molecule has 0 saturated carbocycles. The minimum Gasteiger partial charge on any atom is -0.374 e. The van der Waals surface area contributed by atoms with E-state index < -0.39 is 6.23 Å². The van der Waals surface area contributed by atoms with Gasteiger partial charge in [0, 0.05) is 6.42 Å². The molecule has 5 N–H and O–H groups in total. The normalized spacial score (nSPS) is 11.7. The molecule has 19 heavy (non-hydrogen) atoms. The van der Waals surface area contributed by atoms with E-state index in [1.165, 1.54) is 44.9 Å². The lowest BCUT2D eigenvalue weighted by atomic mass is 10.1. The Hall–Kier alpha value is -0.610. The third kappa shape index (κ3) is 15.3. The molecule has 0 saturated heterocycles. The summed E-state index contributed by atoms with van der Waals surface area (Å²) in [5.41, 5.74) is 0. The number of nitrogens with one attached hydrogen (secondary N) is 1. The number of aliphatic hydroxyl groups excluding tert-OH is 1. The van der Waals surface area contributed by atoms with E-state index in [2.05, 4.69) is 12.2 Å². The highest BCUT2D eigenvalue weighted by molar-refractivity contribution is 5.75. The fourth-order valence-corrected chi connectivity index (χ4v) is 1.96. The van der Waals surface area contributed by atoms with Crippen LogP contribution in [0.2, 0.25) is 0 Å². The third-order valence-corrected chi connectivity index (χ3v) is 3.22.